The lowest BCUT2D eigenvalue weighted by Gasteiger charge is -2.11. The Hall–Kier alpha value is -1.32. The zero-order valence-electron chi connectivity index (χ0n) is 6.96. The van der Waals surface area contributed by atoms with Crippen LogP contribution < -0.4 is 11.2 Å². The second kappa shape index (κ2) is 4.54. The highest BCUT2D eigenvalue weighted by molar-refractivity contribution is 5.75. The van der Waals surface area contributed by atoms with Crippen LogP contribution in [0.25, 0.3) is 0 Å². The van der Waals surface area contributed by atoms with Crippen LogP contribution in [-0.4, -0.2) is 12.2 Å². The first-order chi connectivity index (χ1) is 5.79. The lowest BCUT2D eigenvalue weighted by Crippen LogP contribution is -2.26. The summed E-state index contributed by atoms with van der Waals surface area (Å²) in [6.07, 6.45) is 9.47. The zero-order chi connectivity index (χ0) is 8.81. The largest absolute Gasteiger partial charge is 0.369 e. The van der Waals surface area contributed by atoms with Gasteiger partial charge in [0, 0.05) is 6.21 Å². The number of nitrogens with two attached hydrogens (primary N) is 1. The molecule has 0 amide bonds. The fourth-order valence-electron chi connectivity index (χ4n) is 1.16. The molecule has 4 nitrogen and oxygen atoms in total. The van der Waals surface area contributed by atoms with Gasteiger partial charge in [0.1, 0.15) is 0 Å². The maximum absolute atomic E-state index is 6.85. The first kappa shape index (κ1) is 8.77. The topological polar surface area (TPSA) is 74.3 Å². The van der Waals surface area contributed by atoms with Gasteiger partial charge in [-0.3, -0.25) is 5.41 Å². The molecule has 0 bridgehead atoms. The van der Waals surface area contributed by atoms with Crippen LogP contribution in [0.3, 0.4) is 0 Å². The van der Waals surface area contributed by atoms with E-state index in [0.717, 1.165) is 19.3 Å². The van der Waals surface area contributed by atoms with Gasteiger partial charge >= 0.3 is 0 Å². The van der Waals surface area contributed by atoms with Crippen molar-refractivity contribution in [2.45, 2.75) is 19.3 Å². The van der Waals surface area contributed by atoms with Gasteiger partial charge in [0.2, 0.25) is 5.96 Å². The molecule has 12 heavy (non-hydrogen) atoms. The van der Waals surface area contributed by atoms with Crippen LogP contribution >= 0.6 is 0 Å². The van der Waals surface area contributed by atoms with Crippen LogP contribution in [0.5, 0.6) is 0 Å². The van der Waals surface area contributed by atoms with Crippen LogP contribution in [0.1, 0.15) is 19.3 Å². The van der Waals surface area contributed by atoms with E-state index in [1.165, 1.54) is 0 Å². The van der Waals surface area contributed by atoms with Gasteiger partial charge in [-0.15, -0.1) is 0 Å². The summed E-state index contributed by atoms with van der Waals surface area (Å²) < 4.78 is 0. The van der Waals surface area contributed by atoms with Gasteiger partial charge in [-0.25, -0.2) is 5.43 Å². The third-order valence-corrected chi connectivity index (χ3v) is 1.78. The highest BCUT2D eigenvalue weighted by Gasteiger charge is 2.05. The molecular formula is C8H14N4. The number of guanidine groups is 1. The molecule has 66 valence electrons. The van der Waals surface area contributed by atoms with Gasteiger partial charge < -0.3 is 5.73 Å². The monoisotopic (exact) mass is 166 g/mol. The van der Waals surface area contributed by atoms with E-state index in [-0.39, 0.29) is 5.96 Å². The van der Waals surface area contributed by atoms with Crippen LogP contribution in [0, 0.1) is 11.3 Å². The number of rotatable bonds is 2. The Labute approximate surface area is 72.0 Å². The number of allylic oxidation sites excluding steroid dienone is 2. The van der Waals surface area contributed by atoms with Crippen molar-refractivity contribution in [3.63, 3.8) is 0 Å². The van der Waals surface area contributed by atoms with Crippen LogP contribution in [0.2, 0.25) is 0 Å². The molecular weight excluding hydrogens is 152 g/mol. The van der Waals surface area contributed by atoms with Crippen LogP contribution in [-0.2, 0) is 0 Å². The molecule has 0 aromatic rings. The molecule has 0 spiro atoms. The number of nitrogens with zero attached hydrogens (tertiary/aromatic N) is 1. The van der Waals surface area contributed by atoms with Crippen LogP contribution in [0.15, 0.2) is 17.3 Å². The average Bonchev–Trinajstić information content (AvgIpc) is 2.05. The molecule has 4 heteroatoms. The molecule has 0 aromatic heterocycles. The summed E-state index contributed by atoms with van der Waals surface area (Å²) in [6.45, 7) is 0. The first-order valence-electron chi connectivity index (χ1n) is 4.07. The molecule has 1 atom stereocenters. The Kier molecular flexibility index (Phi) is 3.32. The minimum Gasteiger partial charge on any atom is -0.369 e. The molecule has 0 radical (unpaired) electrons. The Morgan fingerprint density at radius 2 is 2.50 bits per heavy atom. The molecule has 1 rings (SSSR count). The second-order valence-electron chi connectivity index (χ2n) is 2.85. The molecule has 0 aliphatic heterocycles. The highest BCUT2D eigenvalue weighted by Crippen LogP contribution is 2.15. The van der Waals surface area contributed by atoms with Gasteiger partial charge in [-0.1, -0.05) is 12.2 Å². The summed E-state index contributed by atoms with van der Waals surface area (Å²) in [6, 6.07) is 0. The van der Waals surface area contributed by atoms with Gasteiger partial charge in [0.15, 0.2) is 0 Å². The van der Waals surface area contributed by atoms with Gasteiger partial charge in [0.05, 0.1) is 0 Å². The van der Waals surface area contributed by atoms with E-state index in [4.69, 9.17) is 11.1 Å². The first-order valence-corrected chi connectivity index (χ1v) is 4.07. The minimum absolute atomic E-state index is 0.113. The SMILES string of the molecule is N=C(N)NN=CC1CC=CCC1. The number of hydrogen-bond donors (Lipinski definition) is 3. The summed E-state index contributed by atoms with van der Waals surface area (Å²) in [5.74, 6) is 0.388. The van der Waals surface area contributed by atoms with E-state index in [0.29, 0.717) is 5.92 Å². The Balaban J connectivity index is 2.25. The maximum atomic E-state index is 6.85. The molecule has 4 N–H and O–H groups in total. The maximum Gasteiger partial charge on any atom is 0.206 e. The predicted octanol–water partition coefficient (Wildman–Crippen LogP) is 0.812. The van der Waals surface area contributed by atoms with E-state index in [2.05, 4.69) is 22.7 Å². The highest BCUT2D eigenvalue weighted by atomic mass is 15.3. The summed E-state index contributed by atoms with van der Waals surface area (Å²) in [4.78, 5) is 0. The van der Waals surface area contributed by atoms with Crippen molar-refractivity contribution in [2.24, 2.45) is 16.8 Å². The van der Waals surface area contributed by atoms with Crippen molar-refractivity contribution in [3.8, 4) is 0 Å². The fraction of sp³-hybridized carbons (Fsp3) is 0.500. The van der Waals surface area contributed by atoms with E-state index in [1.54, 1.807) is 0 Å². The van der Waals surface area contributed by atoms with E-state index in [1.807, 2.05) is 6.21 Å². The van der Waals surface area contributed by atoms with Gasteiger partial charge in [-0.05, 0) is 25.2 Å². The Morgan fingerprint density at radius 3 is 3.08 bits per heavy atom. The van der Waals surface area contributed by atoms with Gasteiger partial charge in [0.25, 0.3) is 0 Å². The van der Waals surface area contributed by atoms with E-state index in [9.17, 15) is 0 Å². The third kappa shape index (κ3) is 3.18. The molecule has 1 aliphatic rings. The second-order valence-corrected chi connectivity index (χ2v) is 2.85. The normalized spacial score (nSPS) is 22.8. The summed E-state index contributed by atoms with van der Waals surface area (Å²) in [5, 5.41) is 10.7. The molecule has 0 aromatic carbocycles. The standard InChI is InChI=1S/C8H14N4/c9-8(10)12-11-6-7-4-2-1-3-5-7/h1-2,6-7H,3-5H2,(H4,9,10,12). The molecule has 0 saturated carbocycles. The minimum atomic E-state index is -0.113. The molecule has 0 fully saturated rings. The van der Waals surface area contributed by atoms with E-state index >= 15 is 0 Å². The average molecular weight is 166 g/mol. The van der Waals surface area contributed by atoms with Crippen molar-refractivity contribution in [1.29, 1.82) is 5.41 Å². The van der Waals surface area contributed by atoms with Crippen LogP contribution in [0.4, 0.5) is 0 Å². The molecule has 1 unspecified atom stereocenters. The smallest absolute Gasteiger partial charge is 0.206 e. The lowest BCUT2D eigenvalue weighted by molar-refractivity contribution is 0.624. The molecule has 1 aliphatic carbocycles. The summed E-state index contributed by atoms with van der Waals surface area (Å²) >= 11 is 0. The molecule has 0 heterocycles. The number of nitrogens with one attached hydrogen (secondary N) is 2. The Morgan fingerprint density at radius 1 is 1.67 bits per heavy atom. The van der Waals surface area contributed by atoms with Crippen molar-refractivity contribution in [2.75, 3.05) is 0 Å². The van der Waals surface area contributed by atoms with Crippen molar-refractivity contribution in [3.05, 3.63) is 12.2 Å². The molecule has 0 saturated heterocycles. The number of hydrogen-bond acceptors (Lipinski definition) is 2. The van der Waals surface area contributed by atoms with Crippen molar-refractivity contribution in [1.82, 2.24) is 5.43 Å². The third-order valence-electron chi connectivity index (χ3n) is 1.78. The fourth-order valence-corrected chi connectivity index (χ4v) is 1.16. The van der Waals surface area contributed by atoms with E-state index < -0.39 is 0 Å². The Bertz CT molecular complexity index is 207. The van der Waals surface area contributed by atoms with Crippen molar-refractivity contribution < 1.29 is 0 Å². The number of hydrazone groups is 1. The van der Waals surface area contributed by atoms with Crippen molar-refractivity contribution >= 4 is 12.2 Å². The zero-order valence-corrected chi connectivity index (χ0v) is 6.96. The summed E-state index contributed by atoms with van der Waals surface area (Å²) in [7, 11) is 0. The van der Waals surface area contributed by atoms with Gasteiger partial charge in [-0.2, -0.15) is 5.10 Å². The lowest BCUT2D eigenvalue weighted by atomic mass is 9.96. The quantitative estimate of drug-likeness (QED) is 0.246. The predicted molar refractivity (Wildman–Crippen MR) is 50.0 cm³/mol. The summed E-state index contributed by atoms with van der Waals surface area (Å²) in [5.41, 5.74) is 7.45.